The molecule has 2 heteroatoms. The molecule has 9 rings (SSSR count). The first-order valence-electron chi connectivity index (χ1n) is 21.8. The number of rotatable bonds is 4. The predicted molar refractivity (Wildman–Crippen MR) is 186 cm³/mol. The first-order chi connectivity index (χ1) is 28.5. The molecule has 0 unspecified atom stereocenters. The molecular weight excluding hydrogens is 532 g/mol. The summed E-state index contributed by atoms with van der Waals surface area (Å²) in [6, 6.07) is 11.7. The van der Waals surface area contributed by atoms with E-state index in [4.69, 9.17) is 15.1 Å². The molecule has 0 aliphatic heterocycles. The molecule has 0 saturated heterocycles. The molecular formula is C42H28N2. The van der Waals surface area contributed by atoms with E-state index in [-0.39, 0.29) is 33.4 Å². The van der Waals surface area contributed by atoms with Gasteiger partial charge in [0.2, 0.25) is 0 Å². The van der Waals surface area contributed by atoms with Crippen molar-refractivity contribution in [2.45, 2.75) is 0 Å². The van der Waals surface area contributed by atoms with Crippen molar-refractivity contribution in [3.05, 3.63) is 169 Å². The van der Waals surface area contributed by atoms with Gasteiger partial charge in [-0.25, -0.2) is 0 Å². The molecule has 0 amide bonds. The van der Waals surface area contributed by atoms with E-state index in [9.17, 15) is 6.85 Å². The molecule has 7 aromatic carbocycles. The highest BCUT2D eigenvalue weighted by Crippen LogP contribution is 2.38. The Morgan fingerprint density at radius 1 is 0.364 bits per heavy atom. The molecule has 9 aromatic rings. The van der Waals surface area contributed by atoms with Gasteiger partial charge < -0.3 is 9.13 Å². The summed E-state index contributed by atoms with van der Waals surface area (Å²) in [7, 11) is 0. The van der Waals surface area contributed by atoms with Crippen molar-refractivity contribution in [2.24, 2.45) is 0 Å². The standard InChI is InChI=1S/C42H28N2/c1-3-11-29(12-4-1)30-19-23-34(24-20-30)44-40-18-10-8-16-36(40)38-28-32(22-26-42(38)44)31-21-25-41-37(27-31)35-15-7-9-17-39(35)43(41)33-13-5-2-6-14-33/h1-28H/i1D,3D,4D,8D,10D,11D,12D,16D,18D,19D,20D,22D,23D,24D,26D,28D. The third-order valence-electron chi connectivity index (χ3n) is 7.72. The average molecular weight is 577 g/mol. The molecule has 2 heterocycles. The Morgan fingerprint density at radius 3 is 1.89 bits per heavy atom. The quantitative estimate of drug-likeness (QED) is 0.197. The maximum atomic E-state index is 9.68. The van der Waals surface area contributed by atoms with E-state index in [1.807, 2.05) is 66.7 Å². The van der Waals surface area contributed by atoms with Gasteiger partial charge in [0.25, 0.3) is 0 Å². The van der Waals surface area contributed by atoms with Crippen molar-refractivity contribution in [2.75, 3.05) is 0 Å². The van der Waals surface area contributed by atoms with Crippen molar-refractivity contribution in [3.8, 4) is 33.6 Å². The minimum absolute atomic E-state index is 0.0199. The first kappa shape index (κ1) is 13.6. The molecule has 0 radical (unpaired) electrons. The van der Waals surface area contributed by atoms with Crippen molar-refractivity contribution >= 4 is 43.6 Å². The van der Waals surface area contributed by atoms with Gasteiger partial charge >= 0.3 is 0 Å². The molecule has 0 atom stereocenters. The fraction of sp³-hybridized carbons (Fsp3) is 0. The van der Waals surface area contributed by atoms with Crippen LogP contribution in [0.3, 0.4) is 0 Å². The highest BCUT2D eigenvalue weighted by molar-refractivity contribution is 6.12. The Hall–Kier alpha value is -5.86. The topological polar surface area (TPSA) is 9.86 Å². The van der Waals surface area contributed by atoms with E-state index in [2.05, 4.69) is 4.57 Å². The van der Waals surface area contributed by atoms with Crippen LogP contribution in [-0.4, -0.2) is 9.13 Å². The summed E-state index contributed by atoms with van der Waals surface area (Å²) < 4.78 is 145. The van der Waals surface area contributed by atoms with E-state index < -0.39 is 107 Å². The summed E-state index contributed by atoms with van der Waals surface area (Å²) in [4.78, 5) is 0. The molecule has 44 heavy (non-hydrogen) atoms. The maximum Gasteiger partial charge on any atom is 0.0645 e. The van der Waals surface area contributed by atoms with Gasteiger partial charge in [0.1, 0.15) is 0 Å². The fourth-order valence-electron chi connectivity index (χ4n) is 5.78. The lowest BCUT2D eigenvalue weighted by Gasteiger charge is -2.10. The fourth-order valence-corrected chi connectivity index (χ4v) is 5.78. The van der Waals surface area contributed by atoms with Crippen LogP contribution in [0.5, 0.6) is 0 Å². The number of aromatic nitrogens is 2. The van der Waals surface area contributed by atoms with E-state index in [1.54, 1.807) is 6.07 Å². The Balaban J connectivity index is 1.39. The lowest BCUT2D eigenvalue weighted by Crippen LogP contribution is -1.93. The van der Waals surface area contributed by atoms with Crippen LogP contribution in [0.15, 0.2) is 169 Å². The van der Waals surface area contributed by atoms with Gasteiger partial charge in [-0.05, 0) is 82.8 Å². The molecule has 0 aliphatic carbocycles. The molecule has 206 valence electrons. The van der Waals surface area contributed by atoms with Crippen LogP contribution in [-0.2, 0) is 0 Å². The summed E-state index contributed by atoms with van der Waals surface area (Å²) in [6.07, 6.45) is 0. The first-order valence-corrected chi connectivity index (χ1v) is 13.8. The Labute approximate surface area is 278 Å². The second kappa shape index (κ2) is 9.86. The van der Waals surface area contributed by atoms with Crippen LogP contribution in [0.2, 0.25) is 0 Å². The summed E-state index contributed by atoms with van der Waals surface area (Å²) in [5.74, 6) is 0. The Bertz CT molecular complexity index is 3330. The molecule has 0 aliphatic rings. The van der Waals surface area contributed by atoms with Crippen molar-refractivity contribution in [3.63, 3.8) is 0 Å². The van der Waals surface area contributed by atoms with Crippen molar-refractivity contribution in [1.29, 1.82) is 0 Å². The average Bonchev–Trinajstić information content (AvgIpc) is 3.77. The van der Waals surface area contributed by atoms with Gasteiger partial charge in [-0.3, -0.25) is 0 Å². The second-order valence-corrected chi connectivity index (χ2v) is 10.2. The highest BCUT2D eigenvalue weighted by Gasteiger charge is 2.16. The second-order valence-electron chi connectivity index (χ2n) is 10.2. The highest BCUT2D eigenvalue weighted by atomic mass is 15.0. The van der Waals surface area contributed by atoms with Crippen LogP contribution < -0.4 is 0 Å². The van der Waals surface area contributed by atoms with Crippen LogP contribution in [0.4, 0.5) is 0 Å². The van der Waals surface area contributed by atoms with Crippen LogP contribution in [0.25, 0.3) is 77.2 Å². The summed E-state index contributed by atoms with van der Waals surface area (Å²) >= 11 is 0. The van der Waals surface area contributed by atoms with E-state index in [0.717, 1.165) is 32.1 Å². The van der Waals surface area contributed by atoms with E-state index in [0.29, 0.717) is 5.56 Å². The third-order valence-corrected chi connectivity index (χ3v) is 7.72. The third kappa shape index (κ3) is 3.82. The molecule has 2 aromatic heterocycles. The molecule has 2 nitrogen and oxygen atoms in total. The lowest BCUT2D eigenvalue weighted by molar-refractivity contribution is 1.18. The smallest absolute Gasteiger partial charge is 0.0645 e. The summed E-state index contributed by atoms with van der Waals surface area (Å²) in [6.45, 7) is 0. The van der Waals surface area contributed by atoms with Gasteiger partial charge in [0.05, 0.1) is 44.0 Å². The Kier molecular flexibility index (Phi) is 3.05. The lowest BCUT2D eigenvalue weighted by atomic mass is 10.0. The van der Waals surface area contributed by atoms with Gasteiger partial charge in [-0.2, -0.15) is 0 Å². The molecule has 0 saturated carbocycles. The van der Waals surface area contributed by atoms with E-state index in [1.165, 1.54) is 0 Å². The maximum absolute atomic E-state index is 9.68. The minimum Gasteiger partial charge on any atom is -0.309 e. The number of hydrogen-bond donors (Lipinski definition) is 0. The number of para-hydroxylation sites is 3. The number of benzene rings is 7. The number of nitrogens with zero attached hydrogens (tertiary/aromatic N) is 2. The zero-order chi connectivity index (χ0) is 43.0. The van der Waals surface area contributed by atoms with Gasteiger partial charge in [0, 0.05) is 32.9 Å². The van der Waals surface area contributed by atoms with Crippen molar-refractivity contribution in [1.82, 2.24) is 9.13 Å². The normalized spacial score (nSPS) is 16.7. The Morgan fingerprint density at radius 2 is 1.02 bits per heavy atom. The molecule has 0 spiro atoms. The SMILES string of the molecule is [2H]c1c([2H])c([2H])c(-c2c([2H])c([2H])c(-n3c4c([2H])c([2H])c([2H])c([2H])c4c4c([2H])c(-c5ccc6c(c5)c5ccccc5n6-c5ccccc5)c([2H])c([2H])c43)c([2H])c2[2H])c([2H])c1[2H]. The molecule has 0 bridgehead atoms. The zero-order valence-corrected chi connectivity index (χ0v) is 22.8. The van der Waals surface area contributed by atoms with Gasteiger partial charge in [-0.1, -0.05) is 109 Å². The van der Waals surface area contributed by atoms with Crippen LogP contribution in [0.1, 0.15) is 21.9 Å². The largest absolute Gasteiger partial charge is 0.309 e. The minimum atomic E-state index is -0.830. The van der Waals surface area contributed by atoms with Gasteiger partial charge in [0.15, 0.2) is 0 Å². The zero-order valence-electron chi connectivity index (χ0n) is 38.8. The van der Waals surface area contributed by atoms with Crippen LogP contribution in [0, 0.1) is 0 Å². The number of fused-ring (bicyclic) bond motifs is 6. The summed E-state index contributed by atoms with van der Waals surface area (Å²) in [5.41, 5.74) is 0.511. The van der Waals surface area contributed by atoms with Crippen LogP contribution >= 0.6 is 0 Å². The van der Waals surface area contributed by atoms with Gasteiger partial charge in [-0.15, -0.1) is 0 Å². The molecule has 0 N–H and O–H groups in total. The van der Waals surface area contributed by atoms with E-state index >= 15 is 0 Å². The predicted octanol–water partition coefficient (Wildman–Crippen LogP) is 11.2. The summed E-state index contributed by atoms with van der Waals surface area (Å²) in [5, 5.41) is 1.23. The molecule has 0 fully saturated rings. The number of hydrogen-bond acceptors (Lipinski definition) is 0. The monoisotopic (exact) mass is 576 g/mol. The van der Waals surface area contributed by atoms with Crippen molar-refractivity contribution < 1.29 is 21.9 Å².